The second-order valence-electron chi connectivity index (χ2n) is 6.29. The number of hydrogen-bond acceptors (Lipinski definition) is 4. The van der Waals surface area contributed by atoms with E-state index in [2.05, 4.69) is 24.2 Å². The van der Waals surface area contributed by atoms with E-state index in [0.717, 1.165) is 12.5 Å². The fourth-order valence-electron chi connectivity index (χ4n) is 2.88. The van der Waals surface area contributed by atoms with Crippen LogP contribution in [-0.4, -0.2) is 56.1 Å². The second-order valence-corrected chi connectivity index (χ2v) is 6.29. The Balaban J connectivity index is 1.67. The highest BCUT2D eigenvalue weighted by Gasteiger charge is 2.33. The zero-order chi connectivity index (χ0) is 13.2. The molecule has 2 rings (SSSR count). The number of nitrogens with zero attached hydrogens (tertiary/aromatic N) is 1. The number of nitrogens with one attached hydrogen (secondary N) is 1. The van der Waals surface area contributed by atoms with E-state index >= 15 is 0 Å². The molecule has 106 valence electrons. The molecule has 0 bridgehead atoms. The summed E-state index contributed by atoms with van der Waals surface area (Å²) < 4.78 is 11.4. The Kier molecular flexibility index (Phi) is 4.64. The van der Waals surface area contributed by atoms with Crippen molar-refractivity contribution in [2.75, 3.05) is 33.3 Å². The molecular weight excluding hydrogens is 228 g/mol. The van der Waals surface area contributed by atoms with Gasteiger partial charge >= 0.3 is 0 Å². The molecule has 4 heteroatoms. The van der Waals surface area contributed by atoms with E-state index in [9.17, 15) is 0 Å². The van der Waals surface area contributed by atoms with Gasteiger partial charge in [0.1, 0.15) is 0 Å². The minimum atomic E-state index is -0.400. The molecule has 2 aliphatic heterocycles. The van der Waals surface area contributed by atoms with Gasteiger partial charge in [-0.25, -0.2) is 0 Å². The summed E-state index contributed by atoms with van der Waals surface area (Å²) >= 11 is 0. The molecule has 0 aromatic carbocycles. The Morgan fingerprint density at radius 3 is 2.56 bits per heavy atom. The van der Waals surface area contributed by atoms with Crippen LogP contribution in [-0.2, 0) is 9.47 Å². The highest BCUT2D eigenvalue weighted by atomic mass is 16.7. The van der Waals surface area contributed by atoms with Crippen LogP contribution in [0.1, 0.15) is 33.6 Å². The van der Waals surface area contributed by atoms with Crippen LogP contribution in [0.25, 0.3) is 0 Å². The monoisotopic (exact) mass is 256 g/mol. The Bertz CT molecular complexity index is 263. The first-order valence-corrected chi connectivity index (χ1v) is 7.20. The fourth-order valence-corrected chi connectivity index (χ4v) is 2.88. The van der Waals surface area contributed by atoms with Gasteiger partial charge in [-0.2, -0.15) is 0 Å². The Morgan fingerprint density at radius 1 is 1.33 bits per heavy atom. The fraction of sp³-hybridized carbons (Fsp3) is 1.00. The van der Waals surface area contributed by atoms with E-state index < -0.39 is 5.79 Å². The van der Waals surface area contributed by atoms with Gasteiger partial charge in [-0.1, -0.05) is 0 Å². The molecule has 4 nitrogen and oxygen atoms in total. The summed E-state index contributed by atoms with van der Waals surface area (Å²) in [4.78, 5) is 2.42. The topological polar surface area (TPSA) is 33.7 Å². The summed E-state index contributed by atoms with van der Waals surface area (Å²) in [6.45, 7) is 10.3. The Morgan fingerprint density at radius 2 is 2.00 bits per heavy atom. The van der Waals surface area contributed by atoms with Crippen LogP contribution >= 0.6 is 0 Å². The van der Waals surface area contributed by atoms with E-state index in [4.69, 9.17) is 9.47 Å². The van der Waals surface area contributed by atoms with E-state index in [1.54, 1.807) is 0 Å². The van der Waals surface area contributed by atoms with E-state index in [1.807, 2.05) is 13.8 Å². The molecule has 0 spiro atoms. The van der Waals surface area contributed by atoms with Gasteiger partial charge in [-0.15, -0.1) is 0 Å². The molecule has 2 heterocycles. The maximum Gasteiger partial charge on any atom is 0.163 e. The Hall–Kier alpha value is -0.160. The van der Waals surface area contributed by atoms with Crippen LogP contribution in [0, 0.1) is 5.92 Å². The first-order chi connectivity index (χ1) is 8.46. The standard InChI is InChI=1S/C14H28N2O2/c1-11(12-5-7-16(4)8-6-12)15-9-13-10-17-14(2,3)18-13/h11-13,15H,5-10H2,1-4H3. The normalized spacial score (nSPS) is 31.7. The van der Waals surface area contributed by atoms with Crippen LogP contribution < -0.4 is 5.32 Å². The van der Waals surface area contributed by atoms with Crippen molar-refractivity contribution in [3.05, 3.63) is 0 Å². The van der Waals surface area contributed by atoms with Crippen LogP contribution in [0.4, 0.5) is 0 Å². The first-order valence-electron chi connectivity index (χ1n) is 7.20. The maximum absolute atomic E-state index is 5.81. The van der Waals surface area contributed by atoms with Gasteiger partial charge in [-0.05, 0) is 59.7 Å². The molecule has 0 amide bonds. The van der Waals surface area contributed by atoms with Gasteiger partial charge in [0, 0.05) is 12.6 Å². The number of hydrogen-bond donors (Lipinski definition) is 1. The van der Waals surface area contributed by atoms with Crippen LogP contribution in [0.3, 0.4) is 0 Å². The smallest absolute Gasteiger partial charge is 0.163 e. The number of rotatable bonds is 4. The minimum absolute atomic E-state index is 0.203. The highest BCUT2D eigenvalue weighted by molar-refractivity contribution is 4.80. The molecule has 2 saturated heterocycles. The molecule has 18 heavy (non-hydrogen) atoms. The summed E-state index contributed by atoms with van der Waals surface area (Å²) in [5.41, 5.74) is 0. The maximum atomic E-state index is 5.81. The zero-order valence-electron chi connectivity index (χ0n) is 12.2. The largest absolute Gasteiger partial charge is 0.348 e. The van der Waals surface area contributed by atoms with Gasteiger partial charge in [-0.3, -0.25) is 0 Å². The average Bonchev–Trinajstić information content (AvgIpc) is 2.67. The molecule has 1 N–H and O–H groups in total. The second kappa shape index (κ2) is 5.87. The third kappa shape index (κ3) is 3.92. The van der Waals surface area contributed by atoms with Gasteiger partial charge < -0.3 is 19.7 Å². The van der Waals surface area contributed by atoms with Crippen molar-refractivity contribution in [1.29, 1.82) is 0 Å². The molecule has 2 unspecified atom stereocenters. The molecule has 0 aliphatic carbocycles. The lowest BCUT2D eigenvalue weighted by atomic mass is 9.90. The molecule has 0 radical (unpaired) electrons. The number of likely N-dealkylation sites (tertiary alicyclic amines) is 1. The predicted octanol–water partition coefficient (Wildman–Crippen LogP) is 1.46. The van der Waals surface area contributed by atoms with Crippen LogP contribution in [0.15, 0.2) is 0 Å². The van der Waals surface area contributed by atoms with Crippen molar-refractivity contribution in [3.8, 4) is 0 Å². The lowest BCUT2D eigenvalue weighted by Crippen LogP contribution is -2.43. The number of piperidine rings is 1. The number of ether oxygens (including phenoxy) is 2. The molecule has 0 aromatic heterocycles. The SMILES string of the molecule is CC(NCC1COC(C)(C)O1)C1CCN(C)CC1. The van der Waals surface area contributed by atoms with Crippen molar-refractivity contribution >= 4 is 0 Å². The summed E-state index contributed by atoms with van der Waals surface area (Å²) in [5.74, 6) is 0.403. The third-order valence-electron chi connectivity index (χ3n) is 4.21. The quantitative estimate of drug-likeness (QED) is 0.825. The average molecular weight is 256 g/mol. The van der Waals surface area contributed by atoms with Crippen molar-refractivity contribution in [2.45, 2.75) is 51.5 Å². The Labute approximate surface area is 111 Å². The minimum Gasteiger partial charge on any atom is -0.348 e. The van der Waals surface area contributed by atoms with Gasteiger partial charge in [0.05, 0.1) is 12.7 Å². The van der Waals surface area contributed by atoms with E-state index in [0.29, 0.717) is 12.6 Å². The van der Waals surface area contributed by atoms with Gasteiger partial charge in [0.2, 0.25) is 0 Å². The summed E-state index contributed by atoms with van der Waals surface area (Å²) in [6.07, 6.45) is 2.81. The summed E-state index contributed by atoms with van der Waals surface area (Å²) in [6, 6.07) is 0.575. The van der Waals surface area contributed by atoms with Gasteiger partial charge in [0.25, 0.3) is 0 Å². The van der Waals surface area contributed by atoms with Crippen LogP contribution in [0.2, 0.25) is 0 Å². The van der Waals surface area contributed by atoms with Crippen molar-refractivity contribution in [1.82, 2.24) is 10.2 Å². The third-order valence-corrected chi connectivity index (χ3v) is 4.21. The van der Waals surface area contributed by atoms with Crippen molar-refractivity contribution in [2.24, 2.45) is 5.92 Å². The predicted molar refractivity (Wildman–Crippen MR) is 72.6 cm³/mol. The van der Waals surface area contributed by atoms with Gasteiger partial charge in [0.15, 0.2) is 5.79 Å². The van der Waals surface area contributed by atoms with Crippen molar-refractivity contribution in [3.63, 3.8) is 0 Å². The molecule has 0 aromatic rings. The van der Waals surface area contributed by atoms with E-state index in [-0.39, 0.29) is 6.10 Å². The molecule has 2 aliphatic rings. The van der Waals surface area contributed by atoms with Crippen molar-refractivity contribution < 1.29 is 9.47 Å². The molecule has 2 fully saturated rings. The highest BCUT2D eigenvalue weighted by Crippen LogP contribution is 2.23. The lowest BCUT2D eigenvalue weighted by Gasteiger charge is -2.33. The molecule has 0 saturated carbocycles. The van der Waals surface area contributed by atoms with Crippen LogP contribution in [0.5, 0.6) is 0 Å². The lowest BCUT2D eigenvalue weighted by molar-refractivity contribution is -0.138. The molecule has 2 atom stereocenters. The molecular formula is C14H28N2O2. The summed E-state index contributed by atoms with van der Waals surface area (Å²) in [7, 11) is 2.21. The first kappa shape index (κ1) is 14.3. The summed E-state index contributed by atoms with van der Waals surface area (Å²) in [5, 5.41) is 3.62. The zero-order valence-corrected chi connectivity index (χ0v) is 12.2. The van der Waals surface area contributed by atoms with E-state index in [1.165, 1.54) is 25.9 Å².